The summed E-state index contributed by atoms with van der Waals surface area (Å²) in [5, 5.41) is 14.3. The molecule has 0 spiro atoms. The zero-order valence-electron chi connectivity index (χ0n) is 21.2. The lowest BCUT2D eigenvalue weighted by molar-refractivity contribution is 0.0949. The molecule has 0 atom stereocenters. The molecule has 2 heterocycles. The van der Waals surface area contributed by atoms with Crippen LogP contribution in [0.4, 0.5) is 0 Å². The van der Waals surface area contributed by atoms with E-state index < -0.39 is 0 Å². The Morgan fingerprint density at radius 2 is 2.00 bits per heavy atom. The first-order valence-electron chi connectivity index (χ1n) is 12.4. The average Bonchev–Trinajstić information content (AvgIpc) is 3.31. The summed E-state index contributed by atoms with van der Waals surface area (Å²) in [6.45, 7) is 8.72. The molecule has 35 heavy (non-hydrogen) atoms. The van der Waals surface area contributed by atoms with Gasteiger partial charge in [-0.1, -0.05) is 52.2 Å². The van der Waals surface area contributed by atoms with Crippen molar-refractivity contribution in [2.75, 3.05) is 12.4 Å². The van der Waals surface area contributed by atoms with Gasteiger partial charge in [-0.15, -0.1) is 11.6 Å². The van der Waals surface area contributed by atoms with E-state index in [1.54, 1.807) is 18.3 Å². The fraction of sp³-hybridized carbons (Fsp3) is 0.393. The lowest BCUT2D eigenvalue weighted by Crippen LogP contribution is -2.24. The number of aromatic hydroxyl groups is 1. The number of hydrogen-bond donors (Lipinski definition) is 3. The maximum Gasteiger partial charge on any atom is 0.267 e. The van der Waals surface area contributed by atoms with Crippen LogP contribution in [0.5, 0.6) is 5.75 Å². The highest BCUT2D eigenvalue weighted by molar-refractivity contribution is 6.25. The molecule has 7 heteroatoms. The molecule has 0 unspecified atom stereocenters. The van der Waals surface area contributed by atoms with Crippen molar-refractivity contribution in [3.8, 4) is 5.75 Å². The number of aromatic nitrogens is 2. The van der Waals surface area contributed by atoms with Gasteiger partial charge >= 0.3 is 0 Å². The molecule has 0 saturated carbocycles. The first-order chi connectivity index (χ1) is 17.0. The molecular weight excluding hydrogens is 460 g/mol. The van der Waals surface area contributed by atoms with Gasteiger partial charge in [0.1, 0.15) is 11.4 Å². The summed E-state index contributed by atoms with van der Waals surface area (Å²) in [7, 11) is 0. The number of phenolic OH excluding ortho intramolecular Hbond substituents is 1. The van der Waals surface area contributed by atoms with E-state index in [9.17, 15) is 9.90 Å². The first kappa shape index (κ1) is 28.1. The third-order valence-electron chi connectivity index (χ3n) is 5.36. The van der Waals surface area contributed by atoms with Gasteiger partial charge in [-0.3, -0.25) is 14.8 Å². The van der Waals surface area contributed by atoms with Gasteiger partial charge in [0, 0.05) is 30.3 Å². The molecule has 188 valence electrons. The molecule has 0 aliphatic heterocycles. The molecule has 0 radical (unpaired) electrons. The van der Waals surface area contributed by atoms with Crippen LogP contribution in [0.3, 0.4) is 0 Å². The summed E-state index contributed by atoms with van der Waals surface area (Å²) in [4.78, 5) is 24.6. The van der Waals surface area contributed by atoms with Crippen molar-refractivity contribution in [3.05, 3.63) is 65.1 Å². The molecule has 0 fully saturated rings. The number of phenols is 1. The van der Waals surface area contributed by atoms with Crippen LogP contribution in [0.25, 0.3) is 16.6 Å². The number of pyridine rings is 1. The number of halogens is 1. The van der Waals surface area contributed by atoms with E-state index in [0.717, 1.165) is 47.3 Å². The maximum atomic E-state index is 12.5. The first-order valence-corrected chi connectivity index (χ1v) is 12.9. The third kappa shape index (κ3) is 8.25. The van der Waals surface area contributed by atoms with Gasteiger partial charge in [-0.05, 0) is 49.2 Å². The van der Waals surface area contributed by atoms with Crippen LogP contribution in [0.15, 0.2) is 47.5 Å². The zero-order valence-corrected chi connectivity index (χ0v) is 22.0. The third-order valence-corrected chi connectivity index (χ3v) is 5.49. The normalized spacial score (nSPS) is 11.5. The molecule has 3 rings (SSSR count). The number of carbonyl (C=O) groups is 1. The maximum absolute atomic E-state index is 12.5. The van der Waals surface area contributed by atoms with Crippen LogP contribution in [-0.2, 0) is 6.42 Å². The molecule has 1 aromatic carbocycles. The molecule has 1 amide bonds. The second kappa shape index (κ2) is 15.0. The predicted molar refractivity (Wildman–Crippen MR) is 148 cm³/mol. The number of rotatable bonds is 11. The molecule has 3 aromatic rings. The smallest absolute Gasteiger partial charge is 0.267 e. The van der Waals surface area contributed by atoms with Crippen LogP contribution in [0.1, 0.15) is 80.8 Å². The minimum atomic E-state index is -0.158. The Morgan fingerprint density at radius 1 is 1.20 bits per heavy atom. The number of nitrogens with one attached hydrogen (secondary N) is 2. The van der Waals surface area contributed by atoms with Crippen LogP contribution in [0, 0.1) is 0 Å². The minimum Gasteiger partial charge on any atom is -0.506 e. The van der Waals surface area contributed by atoms with Crippen molar-refractivity contribution in [2.45, 2.75) is 59.8 Å². The van der Waals surface area contributed by atoms with Gasteiger partial charge in [-0.2, -0.15) is 0 Å². The fourth-order valence-electron chi connectivity index (χ4n) is 3.71. The van der Waals surface area contributed by atoms with Crippen molar-refractivity contribution < 1.29 is 9.90 Å². The highest BCUT2D eigenvalue weighted by Gasteiger charge is 2.13. The summed E-state index contributed by atoms with van der Waals surface area (Å²) in [5.41, 5.74) is 4.29. The highest BCUT2D eigenvalue weighted by atomic mass is 35.5. The largest absolute Gasteiger partial charge is 0.506 e. The van der Waals surface area contributed by atoms with Crippen LogP contribution in [0.2, 0.25) is 0 Å². The number of amides is 1. The van der Waals surface area contributed by atoms with Crippen LogP contribution < -0.4 is 5.32 Å². The van der Waals surface area contributed by atoms with E-state index in [1.165, 1.54) is 6.42 Å². The molecule has 0 aliphatic rings. The van der Waals surface area contributed by atoms with Crippen molar-refractivity contribution in [3.63, 3.8) is 0 Å². The van der Waals surface area contributed by atoms with Crippen molar-refractivity contribution in [1.82, 2.24) is 15.3 Å². The number of unbranched alkanes of at least 4 members (excludes halogenated alkanes) is 3. The number of carbonyl (C=O) groups excluding carboxylic acids is 1. The van der Waals surface area contributed by atoms with E-state index in [1.807, 2.05) is 51.1 Å². The van der Waals surface area contributed by atoms with E-state index in [4.69, 9.17) is 16.6 Å². The zero-order chi connectivity index (χ0) is 25.6. The number of benzene rings is 1. The molecule has 0 bridgehead atoms. The van der Waals surface area contributed by atoms with E-state index in [2.05, 4.69) is 22.2 Å². The summed E-state index contributed by atoms with van der Waals surface area (Å²) in [5.74, 6) is 0.294. The predicted octanol–water partition coefficient (Wildman–Crippen LogP) is 6.87. The monoisotopic (exact) mass is 496 g/mol. The Kier molecular flexibility index (Phi) is 12.0. The summed E-state index contributed by atoms with van der Waals surface area (Å²) >= 11 is 5.71. The molecule has 6 nitrogen and oxygen atoms in total. The lowest BCUT2D eigenvalue weighted by atomic mass is 10.1. The quantitative estimate of drug-likeness (QED) is 0.154. The second-order valence-corrected chi connectivity index (χ2v) is 8.22. The van der Waals surface area contributed by atoms with Crippen LogP contribution >= 0.6 is 11.6 Å². The molecule has 0 saturated heterocycles. The number of aromatic amines is 1. The van der Waals surface area contributed by atoms with Gasteiger partial charge in [0.2, 0.25) is 0 Å². The second-order valence-electron chi connectivity index (χ2n) is 7.91. The van der Waals surface area contributed by atoms with Gasteiger partial charge in [-0.25, -0.2) is 0 Å². The van der Waals surface area contributed by atoms with Crippen molar-refractivity contribution >= 4 is 40.3 Å². The molecule has 3 N–H and O–H groups in total. The molecule has 2 aromatic heterocycles. The summed E-state index contributed by atoms with van der Waals surface area (Å²) < 4.78 is 0. The Bertz CT molecular complexity index is 1150. The summed E-state index contributed by atoms with van der Waals surface area (Å²) in [6, 6.07) is 11.3. The van der Waals surface area contributed by atoms with E-state index in [-0.39, 0.29) is 11.7 Å². The lowest BCUT2D eigenvalue weighted by Gasteiger charge is -2.06. The number of alkyl halides is 1. The highest BCUT2D eigenvalue weighted by Crippen LogP contribution is 2.28. The van der Waals surface area contributed by atoms with Gasteiger partial charge < -0.3 is 15.4 Å². The fourth-order valence-corrected chi connectivity index (χ4v) is 3.78. The Labute approximate surface area is 213 Å². The number of hydrogen-bond acceptors (Lipinski definition) is 4. The van der Waals surface area contributed by atoms with E-state index >= 15 is 0 Å². The Morgan fingerprint density at radius 3 is 2.71 bits per heavy atom. The SMILES string of the molecule is C/C=C(\N=CCCl)c1cccc(Cc2cc(O)c3[nH]c(C(=O)NCCCCCC)cc3c2)n1.CC. The number of fused-ring (bicyclic) bond motifs is 1. The minimum absolute atomic E-state index is 0.113. The summed E-state index contributed by atoms with van der Waals surface area (Å²) in [6.07, 6.45) is 8.48. The Hall–Kier alpha value is -3.12. The van der Waals surface area contributed by atoms with E-state index in [0.29, 0.717) is 30.1 Å². The van der Waals surface area contributed by atoms with Crippen molar-refractivity contribution in [1.29, 1.82) is 0 Å². The standard InChI is InChI=1S/C26H31ClN4O2.C2H6/c1-3-5-6-7-12-29-26(33)23-17-19-14-18(16-24(32)25(19)31-23)15-20-9-8-10-22(30-20)21(4-2)28-13-11-27;1-2/h4,8-10,13-14,16-17,31-32H,3,5-7,11-12,15H2,1-2H3,(H,29,33);1-2H3/b21-4-,28-13?;. The number of nitrogens with zero attached hydrogens (tertiary/aromatic N) is 2. The molecule has 0 aliphatic carbocycles. The van der Waals surface area contributed by atoms with Crippen molar-refractivity contribution in [2.24, 2.45) is 4.99 Å². The van der Waals surface area contributed by atoms with Gasteiger partial charge in [0.05, 0.1) is 22.8 Å². The van der Waals surface area contributed by atoms with Gasteiger partial charge in [0.15, 0.2) is 0 Å². The number of H-pyrrole nitrogens is 1. The Balaban J connectivity index is 0.00000210. The number of aliphatic imine (C=N–C) groups is 1. The number of allylic oxidation sites excluding steroid dienone is 1. The van der Waals surface area contributed by atoms with Crippen LogP contribution in [-0.4, -0.2) is 39.6 Å². The molecular formula is C28H37ClN4O2. The van der Waals surface area contributed by atoms with Gasteiger partial charge in [0.25, 0.3) is 5.91 Å². The topological polar surface area (TPSA) is 90.4 Å². The average molecular weight is 497 g/mol.